The number of aryl methyl sites for hydroxylation is 1. The van der Waals surface area contributed by atoms with Crippen LogP contribution in [0.25, 0.3) is 22.3 Å². The van der Waals surface area contributed by atoms with Gasteiger partial charge in [-0.15, -0.1) is 0 Å². The third-order valence-electron chi connectivity index (χ3n) is 11.3. The van der Waals surface area contributed by atoms with Gasteiger partial charge in [0, 0.05) is 30.6 Å². The van der Waals surface area contributed by atoms with Gasteiger partial charge < -0.3 is 29.1 Å². The van der Waals surface area contributed by atoms with Crippen molar-refractivity contribution < 1.29 is 38.1 Å². The molecule has 12 heteroatoms. The zero-order chi connectivity index (χ0) is 40.0. The number of carboxylic acid groups (broad SMARTS) is 1. The molecule has 56 heavy (non-hydrogen) atoms. The number of ketones is 1. The third kappa shape index (κ3) is 8.79. The van der Waals surface area contributed by atoms with Crippen molar-refractivity contribution in [3.63, 3.8) is 0 Å². The van der Waals surface area contributed by atoms with Gasteiger partial charge in [0.1, 0.15) is 23.4 Å². The summed E-state index contributed by atoms with van der Waals surface area (Å²) in [7, 11) is 3.20. The maximum Gasteiger partial charge on any atom is 0.321 e. The van der Waals surface area contributed by atoms with Crippen LogP contribution in [0.2, 0.25) is 0 Å². The molecule has 1 aliphatic heterocycles. The molecule has 1 aliphatic carbocycles. The molecule has 1 saturated heterocycles. The van der Waals surface area contributed by atoms with Crippen LogP contribution >= 0.6 is 0 Å². The number of aromatic nitrogens is 2. The number of methoxy groups -OCH3 is 2. The Labute approximate surface area is 327 Å². The molecule has 2 heterocycles. The molecule has 1 aromatic heterocycles. The van der Waals surface area contributed by atoms with Crippen LogP contribution < -0.4 is 14.2 Å². The average molecular weight is 767 g/mol. The van der Waals surface area contributed by atoms with Crippen LogP contribution in [0.5, 0.6) is 17.4 Å². The fraction of sp³-hybridized carbons (Fsp3) is 0.432. The topological polar surface area (TPSA) is 131 Å². The van der Waals surface area contributed by atoms with Gasteiger partial charge in [-0.2, -0.15) is 4.98 Å². The van der Waals surface area contributed by atoms with Crippen molar-refractivity contribution in [1.82, 2.24) is 19.8 Å². The fourth-order valence-corrected chi connectivity index (χ4v) is 7.73. The number of benzene rings is 3. The number of rotatable bonds is 17. The number of hydrogen-bond acceptors (Lipinski definition) is 8. The van der Waals surface area contributed by atoms with Crippen molar-refractivity contribution in [2.24, 2.45) is 11.3 Å². The van der Waals surface area contributed by atoms with E-state index in [0.29, 0.717) is 66.3 Å². The normalized spacial score (nSPS) is 20.3. The summed E-state index contributed by atoms with van der Waals surface area (Å²) in [6.45, 7) is 6.34. The van der Waals surface area contributed by atoms with Crippen LogP contribution in [0.1, 0.15) is 69.9 Å². The maximum atomic E-state index is 14.5. The first kappa shape index (κ1) is 40.2. The van der Waals surface area contributed by atoms with E-state index in [2.05, 4.69) is 12.2 Å². The number of likely N-dealkylation sites (tertiary alicyclic amines) is 1. The number of hydrogen-bond donors (Lipinski definition) is 1. The molecule has 2 aliphatic rings. The molecule has 0 unspecified atom stereocenters. The molecule has 4 aromatic rings. The van der Waals surface area contributed by atoms with Crippen LogP contribution in [-0.4, -0.2) is 82.1 Å². The summed E-state index contributed by atoms with van der Waals surface area (Å²) in [5, 5.41) is 10.2. The number of unbranched alkanes of at least 4 members (excludes halogenated alkanes) is 3. The van der Waals surface area contributed by atoms with Crippen LogP contribution in [0.15, 0.2) is 72.8 Å². The molecule has 3 aromatic carbocycles. The van der Waals surface area contributed by atoms with Gasteiger partial charge in [-0.3, -0.25) is 9.59 Å². The van der Waals surface area contributed by atoms with Gasteiger partial charge in [0.2, 0.25) is 5.88 Å². The number of carbonyl (C=O) groups excluding carboxylic acids is 2. The second-order valence-electron chi connectivity index (χ2n) is 14.9. The highest BCUT2D eigenvalue weighted by molar-refractivity contribution is 5.90. The number of urea groups is 1. The largest absolute Gasteiger partial charge is 0.497 e. The van der Waals surface area contributed by atoms with E-state index in [1.807, 2.05) is 50.2 Å². The standard InChI is InChI=1S/C44H51FN4O7/c1-6-44(42(51)52)25-32(44)12-10-8-7-9-11-23-48(26-30-13-19-34(54-4)20-14-30)43(53)49-27-35(24-37(49)29(3)50)56-41-36-21-22-38(55-5)28(2)39(36)46-40(47-41)31-15-17-33(45)18-16-31/h10,12-22,32,35,37H,6-9,11,23-27H2,1-5H3,(H,51,52)/b12-10-/t32-,35-,37+,44+/m1/s1. The Morgan fingerprint density at radius 3 is 2.39 bits per heavy atom. The molecule has 1 saturated carbocycles. The SMILES string of the molecule is CC[C@]1(C(=O)O)C[C@H]1/C=C\CCCCCN(Cc1ccc(OC)cc1)C(=O)N1C[C@H](Oc2nc(-c3ccc(F)cc3)nc3c(C)c(OC)ccc23)C[C@H]1C(C)=O. The predicted molar refractivity (Wildman–Crippen MR) is 211 cm³/mol. The van der Waals surface area contributed by atoms with Gasteiger partial charge in [-0.1, -0.05) is 37.6 Å². The van der Waals surface area contributed by atoms with Crippen molar-refractivity contribution in [2.45, 2.75) is 84.4 Å². The highest BCUT2D eigenvalue weighted by Crippen LogP contribution is 2.56. The van der Waals surface area contributed by atoms with E-state index in [4.69, 9.17) is 24.2 Å². The van der Waals surface area contributed by atoms with Crippen LogP contribution in [-0.2, 0) is 16.1 Å². The molecule has 0 spiro atoms. The van der Waals surface area contributed by atoms with Crippen molar-refractivity contribution in [3.05, 3.63) is 89.8 Å². The van der Waals surface area contributed by atoms with Crippen LogP contribution in [0.3, 0.4) is 0 Å². The van der Waals surface area contributed by atoms with E-state index in [1.54, 1.807) is 36.2 Å². The number of amides is 2. The number of allylic oxidation sites excluding steroid dienone is 2. The third-order valence-corrected chi connectivity index (χ3v) is 11.3. The second-order valence-corrected chi connectivity index (χ2v) is 14.9. The van der Waals surface area contributed by atoms with Gasteiger partial charge >= 0.3 is 12.0 Å². The van der Waals surface area contributed by atoms with E-state index in [-0.39, 0.29) is 30.1 Å². The lowest BCUT2D eigenvalue weighted by Crippen LogP contribution is -2.48. The molecule has 6 rings (SSSR count). The molecule has 11 nitrogen and oxygen atoms in total. The molecule has 1 N–H and O–H groups in total. The van der Waals surface area contributed by atoms with Crippen LogP contribution in [0.4, 0.5) is 9.18 Å². The highest BCUT2D eigenvalue weighted by Gasteiger charge is 2.57. The van der Waals surface area contributed by atoms with Gasteiger partial charge in [0.05, 0.1) is 43.1 Å². The first-order chi connectivity index (χ1) is 27.0. The maximum absolute atomic E-state index is 14.5. The summed E-state index contributed by atoms with van der Waals surface area (Å²) in [4.78, 5) is 52.2. The minimum absolute atomic E-state index is 0.0997. The molecule has 2 amide bonds. The van der Waals surface area contributed by atoms with Gasteiger partial charge in [-0.05, 0) is 106 Å². The lowest BCUT2D eigenvalue weighted by molar-refractivity contribution is -0.143. The summed E-state index contributed by atoms with van der Waals surface area (Å²) in [6, 6.07) is 16.2. The van der Waals surface area contributed by atoms with Gasteiger partial charge in [0.15, 0.2) is 11.6 Å². The minimum atomic E-state index is -0.714. The molecule has 4 atom stereocenters. The summed E-state index contributed by atoms with van der Waals surface area (Å²) in [6.07, 6.45) is 8.61. The van der Waals surface area contributed by atoms with Crippen molar-refractivity contribution in [1.29, 1.82) is 0 Å². The molecule has 0 bridgehead atoms. The lowest BCUT2D eigenvalue weighted by Gasteiger charge is -2.31. The highest BCUT2D eigenvalue weighted by atomic mass is 19.1. The average Bonchev–Trinajstić information content (AvgIpc) is 3.77. The predicted octanol–water partition coefficient (Wildman–Crippen LogP) is 8.41. The number of halogens is 1. The number of nitrogens with zero attached hydrogens (tertiary/aromatic N) is 4. The van der Waals surface area contributed by atoms with E-state index in [1.165, 1.54) is 19.1 Å². The second kappa shape index (κ2) is 17.5. The van der Waals surface area contributed by atoms with E-state index >= 15 is 0 Å². The fourth-order valence-electron chi connectivity index (χ4n) is 7.73. The first-order valence-corrected chi connectivity index (χ1v) is 19.3. The van der Waals surface area contributed by atoms with E-state index < -0.39 is 23.5 Å². The van der Waals surface area contributed by atoms with Gasteiger partial charge in [-0.25, -0.2) is 14.2 Å². The Bertz CT molecular complexity index is 2070. The van der Waals surface area contributed by atoms with Gasteiger partial charge in [0.25, 0.3) is 0 Å². The van der Waals surface area contributed by atoms with Crippen molar-refractivity contribution in [2.75, 3.05) is 27.3 Å². The number of fused-ring (bicyclic) bond motifs is 1. The Hall–Kier alpha value is -5.52. The number of carboxylic acids is 1. The Balaban J connectivity index is 1.18. The Kier molecular flexibility index (Phi) is 12.6. The minimum Gasteiger partial charge on any atom is -0.497 e. The molecular formula is C44H51FN4O7. The summed E-state index contributed by atoms with van der Waals surface area (Å²) in [5.41, 5.74) is 2.34. The smallest absolute Gasteiger partial charge is 0.321 e. The molecule has 2 fully saturated rings. The lowest BCUT2D eigenvalue weighted by atomic mass is 10.0. The zero-order valence-electron chi connectivity index (χ0n) is 32.8. The number of carbonyl (C=O) groups is 3. The van der Waals surface area contributed by atoms with E-state index in [0.717, 1.165) is 42.6 Å². The Morgan fingerprint density at radius 2 is 1.75 bits per heavy atom. The number of aliphatic carboxylic acids is 1. The first-order valence-electron chi connectivity index (χ1n) is 19.3. The Morgan fingerprint density at radius 1 is 1.00 bits per heavy atom. The molecular weight excluding hydrogens is 716 g/mol. The molecule has 0 radical (unpaired) electrons. The van der Waals surface area contributed by atoms with Crippen molar-refractivity contribution >= 4 is 28.7 Å². The monoisotopic (exact) mass is 766 g/mol. The van der Waals surface area contributed by atoms with Crippen LogP contribution in [0, 0.1) is 24.1 Å². The zero-order valence-corrected chi connectivity index (χ0v) is 32.8. The van der Waals surface area contributed by atoms with Crippen molar-refractivity contribution in [3.8, 4) is 28.8 Å². The quantitative estimate of drug-likeness (QED) is 0.0831. The molecule has 296 valence electrons. The van der Waals surface area contributed by atoms with E-state index in [9.17, 15) is 23.9 Å². The summed E-state index contributed by atoms with van der Waals surface area (Å²) in [5.74, 6) is 0.890. The number of ether oxygens (including phenoxy) is 3. The summed E-state index contributed by atoms with van der Waals surface area (Å²) < 4.78 is 31.3. The summed E-state index contributed by atoms with van der Waals surface area (Å²) >= 11 is 0. The number of Topliss-reactive ketones (excluding diaryl/α,β-unsaturated/α-hetero) is 1.